The van der Waals surface area contributed by atoms with Crippen molar-refractivity contribution in [3.05, 3.63) is 39.9 Å². The molecular formula is C14H13ClN4S2. The summed E-state index contributed by atoms with van der Waals surface area (Å²) in [7, 11) is 0. The molecule has 0 radical (unpaired) electrons. The second-order valence-electron chi connectivity index (χ2n) is 4.59. The molecule has 0 aliphatic carbocycles. The summed E-state index contributed by atoms with van der Waals surface area (Å²) in [4.78, 5) is 9.84. The number of hydrogen-bond acceptors (Lipinski definition) is 6. The van der Waals surface area contributed by atoms with Gasteiger partial charge in [-0.05, 0) is 31.5 Å². The van der Waals surface area contributed by atoms with Crippen LogP contribution in [0, 0.1) is 13.8 Å². The summed E-state index contributed by atoms with van der Waals surface area (Å²) >= 11 is 9.03. The lowest BCUT2D eigenvalue weighted by molar-refractivity contribution is 1.26. The second kappa shape index (κ2) is 5.63. The molecule has 7 heteroatoms. The smallest absolute Gasteiger partial charge is 0.187 e. The van der Waals surface area contributed by atoms with Crippen LogP contribution in [-0.4, -0.2) is 9.97 Å². The Morgan fingerprint density at radius 1 is 1.24 bits per heavy atom. The molecule has 21 heavy (non-hydrogen) atoms. The van der Waals surface area contributed by atoms with E-state index in [1.165, 1.54) is 11.3 Å². The van der Waals surface area contributed by atoms with E-state index in [4.69, 9.17) is 17.3 Å². The first kappa shape index (κ1) is 14.3. The molecule has 0 spiro atoms. The van der Waals surface area contributed by atoms with Crippen molar-refractivity contribution in [2.45, 2.75) is 13.8 Å². The zero-order valence-electron chi connectivity index (χ0n) is 11.5. The van der Waals surface area contributed by atoms with Gasteiger partial charge in [-0.2, -0.15) is 0 Å². The predicted molar refractivity (Wildman–Crippen MR) is 91.8 cm³/mol. The van der Waals surface area contributed by atoms with E-state index in [1.54, 1.807) is 11.3 Å². The van der Waals surface area contributed by atoms with Gasteiger partial charge in [-0.1, -0.05) is 29.0 Å². The lowest BCUT2D eigenvalue weighted by Gasteiger charge is -2.06. The van der Waals surface area contributed by atoms with Crippen LogP contribution in [0.25, 0.3) is 10.6 Å². The zero-order chi connectivity index (χ0) is 15.0. The largest absolute Gasteiger partial charge is 0.375 e. The van der Waals surface area contributed by atoms with Crippen LogP contribution in [0.3, 0.4) is 0 Å². The third-order valence-electron chi connectivity index (χ3n) is 2.99. The van der Waals surface area contributed by atoms with Crippen molar-refractivity contribution in [3.8, 4) is 10.6 Å². The van der Waals surface area contributed by atoms with Crippen LogP contribution in [0.5, 0.6) is 0 Å². The molecule has 1 aromatic carbocycles. The van der Waals surface area contributed by atoms with Crippen LogP contribution >= 0.6 is 34.3 Å². The van der Waals surface area contributed by atoms with Gasteiger partial charge in [0, 0.05) is 16.1 Å². The molecule has 3 N–H and O–H groups in total. The van der Waals surface area contributed by atoms with Crippen LogP contribution in [0.4, 0.5) is 16.0 Å². The summed E-state index contributed by atoms with van der Waals surface area (Å²) in [5.74, 6) is 0. The van der Waals surface area contributed by atoms with Gasteiger partial charge in [0.1, 0.15) is 0 Å². The molecule has 2 heterocycles. The third kappa shape index (κ3) is 3.02. The van der Waals surface area contributed by atoms with Crippen molar-refractivity contribution in [2.24, 2.45) is 0 Å². The highest BCUT2D eigenvalue weighted by Crippen LogP contribution is 2.34. The molecule has 3 aromatic rings. The third-order valence-corrected chi connectivity index (χ3v) is 4.99. The molecule has 0 bridgehead atoms. The highest BCUT2D eigenvalue weighted by Gasteiger charge is 2.12. The average molecular weight is 337 g/mol. The van der Waals surface area contributed by atoms with Gasteiger partial charge in [0.15, 0.2) is 10.3 Å². The highest BCUT2D eigenvalue weighted by molar-refractivity contribution is 7.19. The average Bonchev–Trinajstić information content (AvgIpc) is 3.00. The van der Waals surface area contributed by atoms with Crippen LogP contribution < -0.4 is 11.1 Å². The first-order valence-electron chi connectivity index (χ1n) is 6.25. The van der Waals surface area contributed by atoms with Crippen molar-refractivity contribution >= 4 is 50.2 Å². The van der Waals surface area contributed by atoms with E-state index in [0.29, 0.717) is 10.2 Å². The topological polar surface area (TPSA) is 63.8 Å². The molecule has 0 saturated carbocycles. The zero-order valence-corrected chi connectivity index (χ0v) is 13.9. The number of nitrogens with one attached hydrogen (secondary N) is 1. The normalized spacial score (nSPS) is 10.8. The summed E-state index contributed by atoms with van der Waals surface area (Å²) in [6.45, 7) is 3.97. The summed E-state index contributed by atoms with van der Waals surface area (Å²) in [6.07, 6.45) is 0. The van der Waals surface area contributed by atoms with E-state index in [2.05, 4.69) is 15.3 Å². The van der Waals surface area contributed by atoms with Gasteiger partial charge in [0.25, 0.3) is 0 Å². The molecular weight excluding hydrogens is 324 g/mol. The van der Waals surface area contributed by atoms with Gasteiger partial charge < -0.3 is 11.1 Å². The molecule has 0 amide bonds. The lowest BCUT2D eigenvalue weighted by Crippen LogP contribution is -1.92. The van der Waals surface area contributed by atoms with E-state index in [0.717, 1.165) is 32.6 Å². The lowest BCUT2D eigenvalue weighted by atomic mass is 10.2. The molecule has 0 aliphatic rings. The standard InChI is InChI=1S/C14H13ClN4S2/c1-7-3-4-9(15)5-10(7)18-14-19-11(6-20-14)12-8(2)17-13(16)21-12/h3-6H,1-2H3,(H2,16,17)(H,18,19). The summed E-state index contributed by atoms with van der Waals surface area (Å²) < 4.78 is 0. The van der Waals surface area contributed by atoms with Gasteiger partial charge in [-0.3, -0.25) is 0 Å². The molecule has 0 fully saturated rings. The van der Waals surface area contributed by atoms with E-state index in [9.17, 15) is 0 Å². The fourth-order valence-corrected chi connectivity index (χ4v) is 3.69. The Labute approximate surface area is 135 Å². The molecule has 2 aromatic heterocycles. The monoisotopic (exact) mass is 336 g/mol. The maximum Gasteiger partial charge on any atom is 0.187 e. The summed E-state index contributed by atoms with van der Waals surface area (Å²) in [5.41, 5.74) is 9.63. The number of thiazole rings is 2. The van der Waals surface area contributed by atoms with E-state index in [-0.39, 0.29) is 0 Å². The Morgan fingerprint density at radius 2 is 2.05 bits per heavy atom. The van der Waals surface area contributed by atoms with Gasteiger partial charge in [0.05, 0.1) is 16.3 Å². The van der Waals surface area contributed by atoms with Gasteiger partial charge in [-0.15, -0.1) is 11.3 Å². The second-order valence-corrected chi connectivity index (χ2v) is 6.91. The Morgan fingerprint density at radius 3 is 2.76 bits per heavy atom. The number of anilines is 3. The van der Waals surface area contributed by atoms with Gasteiger partial charge in [-0.25, -0.2) is 9.97 Å². The summed E-state index contributed by atoms with van der Waals surface area (Å²) in [5, 5.41) is 7.39. The SMILES string of the molecule is Cc1ccc(Cl)cc1Nc1nc(-c2sc(N)nc2C)cs1. The number of hydrogen-bond donors (Lipinski definition) is 2. The highest BCUT2D eigenvalue weighted by atomic mass is 35.5. The van der Waals surface area contributed by atoms with E-state index in [1.807, 2.05) is 37.4 Å². The number of nitrogen functional groups attached to an aromatic ring is 1. The number of nitrogens with zero attached hydrogens (tertiary/aromatic N) is 2. The maximum absolute atomic E-state index is 6.03. The number of rotatable bonds is 3. The van der Waals surface area contributed by atoms with Gasteiger partial charge in [0.2, 0.25) is 0 Å². The van der Waals surface area contributed by atoms with Crippen molar-refractivity contribution in [1.29, 1.82) is 0 Å². The van der Waals surface area contributed by atoms with Crippen molar-refractivity contribution in [1.82, 2.24) is 9.97 Å². The Bertz CT molecular complexity index is 794. The number of benzene rings is 1. The maximum atomic E-state index is 6.03. The number of aryl methyl sites for hydroxylation is 2. The minimum atomic E-state index is 0.565. The Balaban J connectivity index is 1.89. The van der Waals surface area contributed by atoms with E-state index < -0.39 is 0 Å². The number of aromatic nitrogens is 2. The van der Waals surface area contributed by atoms with Crippen LogP contribution in [0.15, 0.2) is 23.6 Å². The summed E-state index contributed by atoms with van der Waals surface area (Å²) in [6, 6.07) is 5.75. The first-order chi connectivity index (χ1) is 10.0. The Hall–Kier alpha value is -1.63. The minimum Gasteiger partial charge on any atom is -0.375 e. The van der Waals surface area contributed by atoms with Crippen LogP contribution in [0.1, 0.15) is 11.3 Å². The molecule has 0 aliphatic heterocycles. The molecule has 108 valence electrons. The van der Waals surface area contributed by atoms with Crippen LogP contribution in [-0.2, 0) is 0 Å². The van der Waals surface area contributed by atoms with Crippen LogP contribution in [0.2, 0.25) is 5.02 Å². The molecule has 0 atom stereocenters. The molecule has 0 saturated heterocycles. The quantitative estimate of drug-likeness (QED) is 0.716. The molecule has 3 rings (SSSR count). The number of nitrogens with two attached hydrogens (primary N) is 1. The van der Waals surface area contributed by atoms with E-state index >= 15 is 0 Å². The predicted octanol–water partition coefficient (Wildman–Crippen LogP) is 4.86. The minimum absolute atomic E-state index is 0.565. The first-order valence-corrected chi connectivity index (χ1v) is 8.32. The van der Waals surface area contributed by atoms with Crippen molar-refractivity contribution < 1.29 is 0 Å². The fourth-order valence-electron chi connectivity index (χ4n) is 1.93. The molecule has 0 unspecified atom stereocenters. The van der Waals surface area contributed by atoms with Crippen molar-refractivity contribution in [3.63, 3.8) is 0 Å². The fraction of sp³-hybridized carbons (Fsp3) is 0.143. The van der Waals surface area contributed by atoms with Gasteiger partial charge >= 0.3 is 0 Å². The van der Waals surface area contributed by atoms with Crippen molar-refractivity contribution in [2.75, 3.05) is 11.1 Å². The molecule has 4 nitrogen and oxygen atoms in total. The Kier molecular flexibility index (Phi) is 3.84. The number of halogens is 1.